The minimum atomic E-state index is -1.14. The van der Waals surface area contributed by atoms with Crippen LogP contribution in [0.2, 0.25) is 0 Å². The zero-order chi connectivity index (χ0) is 14.9. The fourth-order valence-electron chi connectivity index (χ4n) is 1.92. The Kier molecular flexibility index (Phi) is 3.65. The van der Waals surface area contributed by atoms with Crippen LogP contribution in [-0.4, -0.2) is 30.3 Å². The lowest BCUT2D eigenvalue weighted by Gasteiger charge is -2.10. The van der Waals surface area contributed by atoms with Crippen LogP contribution in [0.25, 0.3) is 11.5 Å². The summed E-state index contributed by atoms with van der Waals surface area (Å²) in [6, 6.07) is 3.50. The standard InChI is InChI=1S/C14H15NO5/c1-7-5-10(18-3)11(19-4)6-9(7)13-15-8(2)12(20-13)14(16)17/h5-6H,1-4H3,(H,16,17). The first-order valence-electron chi connectivity index (χ1n) is 5.91. The Morgan fingerprint density at radius 3 is 2.30 bits per heavy atom. The fourth-order valence-corrected chi connectivity index (χ4v) is 1.92. The summed E-state index contributed by atoms with van der Waals surface area (Å²) >= 11 is 0. The van der Waals surface area contributed by atoms with Crippen molar-refractivity contribution in [1.29, 1.82) is 0 Å². The summed E-state index contributed by atoms with van der Waals surface area (Å²) in [5, 5.41) is 9.00. The number of benzene rings is 1. The SMILES string of the molecule is COc1cc(C)c(-c2nc(C)c(C(=O)O)o2)cc1OC. The molecule has 0 aliphatic carbocycles. The maximum atomic E-state index is 11.0. The van der Waals surface area contributed by atoms with Gasteiger partial charge in [-0.05, 0) is 31.5 Å². The molecule has 1 aromatic carbocycles. The van der Waals surface area contributed by atoms with E-state index in [4.69, 9.17) is 19.0 Å². The first-order chi connectivity index (χ1) is 9.47. The van der Waals surface area contributed by atoms with Crippen LogP contribution in [0.4, 0.5) is 0 Å². The molecular weight excluding hydrogens is 262 g/mol. The van der Waals surface area contributed by atoms with Gasteiger partial charge in [-0.3, -0.25) is 0 Å². The summed E-state index contributed by atoms with van der Waals surface area (Å²) in [5.41, 5.74) is 1.85. The normalized spacial score (nSPS) is 10.4. The van der Waals surface area contributed by atoms with Crippen molar-refractivity contribution >= 4 is 5.97 Å². The van der Waals surface area contributed by atoms with Crippen molar-refractivity contribution in [2.24, 2.45) is 0 Å². The summed E-state index contributed by atoms with van der Waals surface area (Å²) in [7, 11) is 3.08. The molecule has 1 heterocycles. The van der Waals surface area contributed by atoms with Crippen molar-refractivity contribution in [3.8, 4) is 23.0 Å². The van der Waals surface area contributed by atoms with Crippen molar-refractivity contribution < 1.29 is 23.8 Å². The number of aromatic nitrogens is 1. The average Bonchev–Trinajstić information content (AvgIpc) is 2.80. The second-order valence-electron chi connectivity index (χ2n) is 4.26. The van der Waals surface area contributed by atoms with Crippen molar-refractivity contribution in [3.63, 3.8) is 0 Å². The molecule has 0 aliphatic rings. The molecule has 2 aromatic rings. The Balaban J connectivity index is 2.58. The van der Waals surface area contributed by atoms with Crippen LogP contribution < -0.4 is 9.47 Å². The van der Waals surface area contributed by atoms with Gasteiger partial charge in [-0.15, -0.1) is 0 Å². The minimum Gasteiger partial charge on any atom is -0.493 e. The highest BCUT2D eigenvalue weighted by Gasteiger charge is 2.20. The Morgan fingerprint density at radius 1 is 1.20 bits per heavy atom. The van der Waals surface area contributed by atoms with Gasteiger partial charge in [0, 0.05) is 5.56 Å². The minimum absolute atomic E-state index is 0.158. The van der Waals surface area contributed by atoms with E-state index < -0.39 is 5.97 Å². The largest absolute Gasteiger partial charge is 0.493 e. The molecule has 0 saturated heterocycles. The van der Waals surface area contributed by atoms with Crippen molar-refractivity contribution in [2.75, 3.05) is 14.2 Å². The molecule has 6 heteroatoms. The molecule has 1 N–H and O–H groups in total. The number of aromatic carboxylic acids is 1. The Hall–Kier alpha value is -2.50. The predicted molar refractivity (Wildman–Crippen MR) is 71.5 cm³/mol. The number of carbonyl (C=O) groups is 1. The molecule has 0 spiro atoms. The highest BCUT2D eigenvalue weighted by atomic mass is 16.5. The number of carboxylic acids is 1. The Morgan fingerprint density at radius 2 is 1.80 bits per heavy atom. The summed E-state index contributed by atoms with van der Waals surface area (Å²) < 4.78 is 15.7. The van der Waals surface area contributed by atoms with Crippen LogP contribution >= 0.6 is 0 Å². The lowest BCUT2D eigenvalue weighted by atomic mass is 10.1. The van der Waals surface area contributed by atoms with Gasteiger partial charge in [-0.25, -0.2) is 9.78 Å². The molecule has 0 fully saturated rings. The van der Waals surface area contributed by atoms with Gasteiger partial charge in [-0.2, -0.15) is 0 Å². The second-order valence-corrected chi connectivity index (χ2v) is 4.26. The van der Waals surface area contributed by atoms with E-state index in [1.807, 2.05) is 6.92 Å². The van der Waals surface area contributed by atoms with Gasteiger partial charge in [0.15, 0.2) is 11.5 Å². The van der Waals surface area contributed by atoms with Gasteiger partial charge in [0.05, 0.1) is 19.9 Å². The van der Waals surface area contributed by atoms with E-state index in [-0.39, 0.29) is 11.7 Å². The Bertz CT molecular complexity index is 660. The third-order valence-electron chi connectivity index (χ3n) is 2.95. The zero-order valence-corrected chi connectivity index (χ0v) is 11.7. The summed E-state index contributed by atoms with van der Waals surface area (Å²) in [6.07, 6.45) is 0. The number of oxazole rings is 1. The first kappa shape index (κ1) is 13.9. The maximum Gasteiger partial charge on any atom is 0.373 e. The molecule has 2 rings (SSSR count). The maximum absolute atomic E-state index is 11.0. The zero-order valence-electron chi connectivity index (χ0n) is 11.7. The topological polar surface area (TPSA) is 81.8 Å². The van der Waals surface area contributed by atoms with Gasteiger partial charge in [0.1, 0.15) is 0 Å². The number of hydrogen-bond donors (Lipinski definition) is 1. The van der Waals surface area contributed by atoms with E-state index in [9.17, 15) is 4.79 Å². The van der Waals surface area contributed by atoms with Crippen LogP contribution in [0.3, 0.4) is 0 Å². The molecule has 0 amide bonds. The highest BCUT2D eigenvalue weighted by Crippen LogP contribution is 2.35. The third kappa shape index (κ3) is 2.32. The molecule has 0 bridgehead atoms. The third-order valence-corrected chi connectivity index (χ3v) is 2.95. The summed E-state index contributed by atoms with van der Waals surface area (Å²) in [5.74, 6) is 0.0724. The fraction of sp³-hybridized carbons (Fsp3) is 0.286. The van der Waals surface area contributed by atoms with E-state index in [1.165, 1.54) is 7.11 Å². The van der Waals surface area contributed by atoms with Gasteiger partial charge >= 0.3 is 5.97 Å². The number of aryl methyl sites for hydroxylation is 2. The molecule has 0 atom stereocenters. The highest BCUT2D eigenvalue weighted by molar-refractivity contribution is 5.86. The van der Waals surface area contributed by atoms with Gasteiger partial charge < -0.3 is 19.0 Å². The molecule has 0 saturated carbocycles. The predicted octanol–water partition coefficient (Wildman–Crippen LogP) is 2.67. The molecule has 1 aromatic heterocycles. The van der Waals surface area contributed by atoms with Crippen molar-refractivity contribution in [3.05, 3.63) is 29.2 Å². The quantitative estimate of drug-likeness (QED) is 0.925. The summed E-state index contributed by atoms with van der Waals surface area (Å²) in [6.45, 7) is 3.45. The molecule has 0 aliphatic heterocycles. The van der Waals surface area contributed by atoms with E-state index in [0.717, 1.165) is 5.56 Å². The number of hydrogen-bond acceptors (Lipinski definition) is 5. The van der Waals surface area contributed by atoms with Crippen molar-refractivity contribution in [2.45, 2.75) is 13.8 Å². The molecule has 106 valence electrons. The first-order valence-corrected chi connectivity index (χ1v) is 5.91. The van der Waals surface area contributed by atoms with E-state index in [2.05, 4.69) is 4.98 Å². The van der Waals surface area contributed by atoms with Crippen LogP contribution in [0, 0.1) is 13.8 Å². The smallest absolute Gasteiger partial charge is 0.373 e. The van der Waals surface area contributed by atoms with Crippen LogP contribution in [0.1, 0.15) is 21.8 Å². The van der Waals surface area contributed by atoms with Crippen LogP contribution in [0.15, 0.2) is 16.5 Å². The molecule has 6 nitrogen and oxygen atoms in total. The van der Waals surface area contributed by atoms with E-state index >= 15 is 0 Å². The second kappa shape index (κ2) is 5.24. The van der Waals surface area contributed by atoms with Crippen LogP contribution in [0.5, 0.6) is 11.5 Å². The van der Waals surface area contributed by atoms with Gasteiger partial charge in [0.2, 0.25) is 11.7 Å². The number of rotatable bonds is 4. The Labute approximate surface area is 116 Å². The lowest BCUT2D eigenvalue weighted by Crippen LogP contribution is -1.95. The van der Waals surface area contributed by atoms with Gasteiger partial charge in [-0.1, -0.05) is 0 Å². The number of ether oxygens (including phenoxy) is 2. The van der Waals surface area contributed by atoms with Crippen molar-refractivity contribution in [1.82, 2.24) is 4.98 Å². The molecular formula is C14H15NO5. The molecule has 0 unspecified atom stereocenters. The number of carboxylic acid groups (broad SMARTS) is 1. The van der Waals surface area contributed by atoms with Crippen LogP contribution in [-0.2, 0) is 0 Å². The van der Waals surface area contributed by atoms with E-state index in [0.29, 0.717) is 22.8 Å². The summed E-state index contributed by atoms with van der Waals surface area (Å²) in [4.78, 5) is 15.1. The number of methoxy groups -OCH3 is 2. The van der Waals surface area contributed by atoms with E-state index in [1.54, 1.807) is 26.2 Å². The monoisotopic (exact) mass is 277 g/mol. The number of nitrogens with zero attached hydrogens (tertiary/aromatic N) is 1. The molecule has 0 radical (unpaired) electrons. The average molecular weight is 277 g/mol. The molecule has 20 heavy (non-hydrogen) atoms. The lowest BCUT2D eigenvalue weighted by molar-refractivity contribution is 0.0662. The van der Waals surface area contributed by atoms with Gasteiger partial charge in [0.25, 0.3) is 0 Å².